The zero-order chi connectivity index (χ0) is 11.5. The predicted molar refractivity (Wildman–Crippen MR) is 60.0 cm³/mol. The molecule has 1 atom stereocenters. The van der Waals surface area contributed by atoms with Gasteiger partial charge in [0.15, 0.2) is 0 Å². The molecule has 0 aliphatic heterocycles. The molecule has 2 heterocycles. The summed E-state index contributed by atoms with van der Waals surface area (Å²) in [4.78, 5) is 4.26. The van der Waals surface area contributed by atoms with Gasteiger partial charge in [-0.05, 0) is 30.3 Å². The average Bonchev–Trinajstić information content (AvgIpc) is 2.65. The second-order valence-electron chi connectivity index (χ2n) is 3.41. The van der Waals surface area contributed by atoms with Gasteiger partial charge in [-0.3, -0.25) is 0 Å². The lowest BCUT2D eigenvalue weighted by atomic mass is 10.2. The SMILES string of the molecule is Cc1nnc(Sc2ccc(C(C)N)cn2)o1. The summed E-state index contributed by atoms with van der Waals surface area (Å²) in [6.45, 7) is 3.68. The highest BCUT2D eigenvalue weighted by molar-refractivity contribution is 7.99. The number of rotatable bonds is 3. The van der Waals surface area contributed by atoms with Crippen LogP contribution in [0.25, 0.3) is 0 Å². The molecular formula is C10H12N4OS. The van der Waals surface area contributed by atoms with Gasteiger partial charge in [-0.25, -0.2) is 4.98 Å². The smallest absolute Gasteiger partial charge is 0.282 e. The Morgan fingerprint density at radius 2 is 2.19 bits per heavy atom. The minimum absolute atomic E-state index is 0.00259. The molecule has 6 heteroatoms. The molecule has 0 saturated heterocycles. The second kappa shape index (κ2) is 4.63. The van der Waals surface area contributed by atoms with Crippen LogP contribution in [0.15, 0.2) is 33.0 Å². The lowest BCUT2D eigenvalue weighted by molar-refractivity contribution is 0.429. The summed E-state index contributed by atoms with van der Waals surface area (Å²) >= 11 is 1.34. The van der Waals surface area contributed by atoms with E-state index in [0.717, 1.165) is 10.6 Å². The first kappa shape index (κ1) is 11.1. The van der Waals surface area contributed by atoms with Crippen molar-refractivity contribution in [3.8, 4) is 0 Å². The molecule has 0 fully saturated rings. The van der Waals surface area contributed by atoms with E-state index >= 15 is 0 Å². The Hall–Kier alpha value is -1.40. The summed E-state index contributed by atoms with van der Waals surface area (Å²) in [6, 6.07) is 3.84. The monoisotopic (exact) mass is 236 g/mol. The standard InChI is InChI=1S/C10H12N4OS/c1-6(11)8-3-4-9(12-5-8)16-10-14-13-7(2)15-10/h3-6H,11H2,1-2H3. The lowest BCUT2D eigenvalue weighted by Crippen LogP contribution is -2.04. The molecule has 2 rings (SSSR count). The van der Waals surface area contributed by atoms with Crippen molar-refractivity contribution >= 4 is 11.8 Å². The first-order valence-corrected chi connectivity index (χ1v) is 5.66. The predicted octanol–water partition coefficient (Wildman–Crippen LogP) is 1.94. The van der Waals surface area contributed by atoms with Crippen LogP contribution in [-0.2, 0) is 0 Å². The second-order valence-corrected chi connectivity index (χ2v) is 4.38. The number of aryl methyl sites for hydroxylation is 1. The number of nitrogens with zero attached hydrogens (tertiary/aromatic N) is 3. The maximum absolute atomic E-state index is 5.73. The molecule has 84 valence electrons. The van der Waals surface area contributed by atoms with E-state index in [1.165, 1.54) is 11.8 Å². The Balaban J connectivity index is 2.11. The summed E-state index contributed by atoms with van der Waals surface area (Å²) in [5.41, 5.74) is 6.74. The molecule has 1 unspecified atom stereocenters. The fourth-order valence-corrected chi connectivity index (χ4v) is 1.79. The molecule has 0 aliphatic carbocycles. The van der Waals surface area contributed by atoms with Crippen LogP contribution in [0.2, 0.25) is 0 Å². The summed E-state index contributed by atoms with van der Waals surface area (Å²) < 4.78 is 5.24. The van der Waals surface area contributed by atoms with Crippen molar-refractivity contribution in [3.05, 3.63) is 29.8 Å². The number of hydrogen-bond acceptors (Lipinski definition) is 6. The van der Waals surface area contributed by atoms with E-state index in [4.69, 9.17) is 10.2 Å². The van der Waals surface area contributed by atoms with Crippen LogP contribution in [0.4, 0.5) is 0 Å². The van der Waals surface area contributed by atoms with E-state index in [1.54, 1.807) is 13.1 Å². The Morgan fingerprint density at radius 3 is 2.69 bits per heavy atom. The van der Waals surface area contributed by atoms with Gasteiger partial charge < -0.3 is 10.2 Å². The fourth-order valence-electron chi connectivity index (χ4n) is 1.13. The molecule has 2 N–H and O–H groups in total. The molecule has 0 saturated carbocycles. The third-order valence-electron chi connectivity index (χ3n) is 1.98. The molecule has 2 aromatic heterocycles. The first-order chi connectivity index (χ1) is 7.65. The topological polar surface area (TPSA) is 77.8 Å². The van der Waals surface area contributed by atoms with E-state index < -0.39 is 0 Å². The zero-order valence-corrected chi connectivity index (χ0v) is 9.86. The third-order valence-corrected chi connectivity index (χ3v) is 2.77. The minimum Gasteiger partial charge on any atom is -0.416 e. The minimum atomic E-state index is -0.00259. The largest absolute Gasteiger partial charge is 0.416 e. The highest BCUT2D eigenvalue weighted by Crippen LogP contribution is 2.24. The molecule has 0 aliphatic rings. The van der Waals surface area contributed by atoms with Crippen LogP contribution in [-0.4, -0.2) is 15.2 Å². The Morgan fingerprint density at radius 1 is 1.38 bits per heavy atom. The van der Waals surface area contributed by atoms with Crippen molar-refractivity contribution in [2.45, 2.75) is 30.1 Å². The van der Waals surface area contributed by atoms with Crippen LogP contribution in [0, 0.1) is 6.92 Å². The summed E-state index contributed by atoms with van der Waals surface area (Å²) in [6.07, 6.45) is 1.76. The highest BCUT2D eigenvalue weighted by atomic mass is 32.2. The molecule has 0 bridgehead atoms. The van der Waals surface area contributed by atoms with Gasteiger partial charge in [-0.2, -0.15) is 0 Å². The Bertz CT molecular complexity index is 466. The van der Waals surface area contributed by atoms with Gasteiger partial charge in [0, 0.05) is 19.2 Å². The fraction of sp³-hybridized carbons (Fsp3) is 0.300. The van der Waals surface area contributed by atoms with E-state index in [0.29, 0.717) is 11.1 Å². The van der Waals surface area contributed by atoms with Crippen molar-refractivity contribution in [1.82, 2.24) is 15.2 Å². The van der Waals surface area contributed by atoms with Crippen LogP contribution < -0.4 is 5.73 Å². The van der Waals surface area contributed by atoms with Gasteiger partial charge in [-0.1, -0.05) is 6.07 Å². The van der Waals surface area contributed by atoms with Gasteiger partial charge in [0.05, 0.1) is 0 Å². The molecule has 0 radical (unpaired) electrons. The number of aromatic nitrogens is 3. The molecule has 16 heavy (non-hydrogen) atoms. The molecule has 2 aromatic rings. The maximum Gasteiger partial charge on any atom is 0.282 e. The summed E-state index contributed by atoms with van der Waals surface area (Å²) in [5, 5.41) is 8.94. The van der Waals surface area contributed by atoms with Crippen LogP contribution in [0.3, 0.4) is 0 Å². The Labute approximate surface area is 97.5 Å². The van der Waals surface area contributed by atoms with Crippen molar-refractivity contribution in [3.63, 3.8) is 0 Å². The van der Waals surface area contributed by atoms with Gasteiger partial charge in [0.25, 0.3) is 5.22 Å². The lowest BCUT2D eigenvalue weighted by Gasteiger charge is -2.04. The van der Waals surface area contributed by atoms with Gasteiger partial charge in [-0.15, -0.1) is 10.2 Å². The van der Waals surface area contributed by atoms with Crippen LogP contribution in [0.1, 0.15) is 24.4 Å². The third kappa shape index (κ3) is 2.59. The normalized spacial score (nSPS) is 12.7. The summed E-state index contributed by atoms with van der Waals surface area (Å²) in [7, 11) is 0. The molecular weight excluding hydrogens is 224 g/mol. The number of pyridine rings is 1. The van der Waals surface area contributed by atoms with Crippen LogP contribution in [0.5, 0.6) is 0 Å². The molecule has 0 aromatic carbocycles. The van der Waals surface area contributed by atoms with E-state index in [1.807, 2.05) is 19.1 Å². The summed E-state index contributed by atoms with van der Waals surface area (Å²) in [5.74, 6) is 0.551. The van der Waals surface area contributed by atoms with E-state index in [9.17, 15) is 0 Å². The van der Waals surface area contributed by atoms with E-state index in [2.05, 4.69) is 15.2 Å². The van der Waals surface area contributed by atoms with E-state index in [-0.39, 0.29) is 6.04 Å². The average molecular weight is 236 g/mol. The maximum atomic E-state index is 5.73. The molecule has 5 nitrogen and oxygen atoms in total. The van der Waals surface area contributed by atoms with Crippen molar-refractivity contribution in [1.29, 1.82) is 0 Å². The first-order valence-electron chi connectivity index (χ1n) is 4.84. The van der Waals surface area contributed by atoms with Gasteiger partial charge in [0.2, 0.25) is 5.89 Å². The van der Waals surface area contributed by atoms with Crippen molar-refractivity contribution in [2.75, 3.05) is 0 Å². The quantitative estimate of drug-likeness (QED) is 0.877. The number of hydrogen-bond donors (Lipinski definition) is 1. The van der Waals surface area contributed by atoms with Crippen LogP contribution >= 0.6 is 11.8 Å². The zero-order valence-electron chi connectivity index (χ0n) is 9.04. The van der Waals surface area contributed by atoms with Crippen molar-refractivity contribution < 1.29 is 4.42 Å². The number of nitrogens with two attached hydrogens (primary N) is 1. The molecule has 0 spiro atoms. The Kier molecular flexibility index (Phi) is 3.21. The van der Waals surface area contributed by atoms with Gasteiger partial charge in [0.1, 0.15) is 5.03 Å². The molecule has 0 amide bonds. The van der Waals surface area contributed by atoms with Crippen molar-refractivity contribution in [2.24, 2.45) is 5.73 Å². The van der Waals surface area contributed by atoms with Gasteiger partial charge >= 0.3 is 0 Å². The highest BCUT2D eigenvalue weighted by Gasteiger charge is 2.06.